The van der Waals surface area contributed by atoms with E-state index < -0.39 is 20.4 Å². The number of aryl methyl sites for hydroxylation is 2. The summed E-state index contributed by atoms with van der Waals surface area (Å²) in [5.74, 6) is 0. The second kappa shape index (κ2) is 6.58. The molecule has 0 saturated heterocycles. The molecule has 0 spiro atoms. The van der Waals surface area contributed by atoms with Crippen molar-refractivity contribution in [2.45, 2.75) is 21.9 Å². The quantitative estimate of drug-likeness (QED) is 0.333. The summed E-state index contributed by atoms with van der Waals surface area (Å²) in [4.78, 5) is 0. The fourth-order valence-corrected chi connectivity index (χ4v) is 9.13. The van der Waals surface area contributed by atoms with E-state index in [2.05, 4.69) is 98.8 Å². The van der Waals surface area contributed by atoms with E-state index in [1.165, 1.54) is 33.4 Å². The van der Waals surface area contributed by atoms with E-state index in [1.54, 1.807) is 22.3 Å². The Morgan fingerprint density at radius 3 is 1.38 bits per heavy atom. The third kappa shape index (κ3) is 2.51. The van der Waals surface area contributed by atoms with Crippen molar-refractivity contribution in [3.63, 3.8) is 0 Å². The lowest BCUT2D eigenvalue weighted by atomic mass is 10.0. The van der Waals surface area contributed by atoms with Crippen LogP contribution in [0.3, 0.4) is 0 Å². The Balaban J connectivity index is 1.54. The van der Waals surface area contributed by atoms with Crippen LogP contribution in [0.15, 0.2) is 84.9 Å². The minimum Gasteiger partial charge on any atom is -0.0847 e. The van der Waals surface area contributed by atoms with Crippen LogP contribution in [0.1, 0.15) is 41.5 Å². The smallest absolute Gasteiger partial charge is 0.0847 e. The van der Waals surface area contributed by atoms with Gasteiger partial charge < -0.3 is 0 Å². The molecule has 2 aliphatic rings. The molecule has 0 saturated carbocycles. The molecular weight excluding hydrogens is 361 g/mol. The Morgan fingerprint density at radius 1 is 0.483 bits per heavy atom. The summed E-state index contributed by atoms with van der Waals surface area (Å²) >= 11 is -0.513. The van der Waals surface area contributed by atoms with Crippen LogP contribution in [0.25, 0.3) is 22.3 Å². The molecule has 4 aromatic carbocycles. The van der Waals surface area contributed by atoms with Crippen molar-refractivity contribution in [2.75, 3.05) is 0 Å². The van der Waals surface area contributed by atoms with Crippen LogP contribution in [0.2, 0.25) is 0 Å². The first-order chi connectivity index (χ1) is 14.2. The van der Waals surface area contributed by atoms with Crippen molar-refractivity contribution < 1.29 is 0 Å². The number of hydrogen-bond acceptors (Lipinski definition) is 0. The molecule has 0 N–H and O–H groups in total. The summed E-state index contributed by atoms with van der Waals surface area (Å²) < 4.78 is 1.18. The van der Waals surface area contributed by atoms with Crippen molar-refractivity contribution in [3.05, 3.63) is 118 Å². The van der Waals surface area contributed by atoms with Gasteiger partial charge in [-0.05, 0) is 47.2 Å². The summed E-state index contributed by atoms with van der Waals surface area (Å²) in [7, 11) is 0. The van der Waals surface area contributed by atoms with Crippen LogP contribution in [0, 0.1) is 13.8 Å². The lowest BCUT2D eigenvalue weighted by Gasteiger charge is -2.21. The third-order valence-electron chi connectivity index (χ3n) is 7.07. The van der Waals surface area contributed by atoms with Gasteiger partial charge in [0, 0.05) is 0 Å². The number of fused-ring (bicyclic) bond motifs is 6. The lowest BCUT2D eigenvalue weighted by molar-refractivity contribution is 1.06. The lowest BCUT2D eigenvalue weighted by Crippen LogP contribution is -2.17. The van der Waals surface area contributed by atoms with Crippen molar-refractivity contribution in [1.82, 2.24) is 0 Å². The summed E-state index contributed by atoms with van der Waals surface area (Å²) in [6.07, 6.45) is 0. The van der Waals surface area contributed by atoms with E-state index in [0.29, 0.717) is 8.09 Å². The van der Waals surface area contributed by atoms with Gasteiger partial charge >= 0.3 is 20.4 Å². The van der Waals surface area contributed by atoms with Gasteiger partial charge in [0.1, 0.15) is 0 Å². The molecule has 0 fully saturated rings. The maximum atomic E-state index is 2.38. The van der Waals surface area contributed by atoms with E-state index in [0.717, 1.165) is 0 Å². The number of hydrogen-bond donors (Lipinski definition) is 0. The molecule has 0 aromatic heterocycles. The largest absolute Gasteiger partial charge is 0.401 e. The molecule has 0 radical (unpaired) electrons. The van der Waals surface area contributed by atoms with Crippen LogP contribution in [0.5, 0.6) is 0 Å². The molecule has 6 rings (SSSR count). The molecule has 0 nitrogen and oxygen atoms in total. The second-order valence-corrected chi connectivity index (χ2v) is 10.7. The Labute approximate surface area is 182 Å². The molecule has 0 aliphatic heterocycles. The van der Waals surface area contributed by atoms with Gasteiger partial charge in [-0.25, -0.2) is 0 Å². The first-order valence-electron chi connectivity index (χ1n) is 10.6. The average Bonchev–Trinajstić information content (AvgIpc) is 3.24. The Kier molecular flexibility index (Phi) is 3.97. The molecule has 0 bridgehead atoms. The maximum Gasteiger partial charge on any atom is 0.401 e. The SMILES string of the molecule is Cc1cccc2c1[CH]([Mg][CH]1c3ccccc3-c3cccc(C)c31)c1ccccc1-2. The van der Waals surface area contributed by atoms with Crippen molar-refractivity contribution in [3.8, 4) is 22.3 Å². The highest BCUT2D eigenvalue weighted by Gasteiger charge is 2.38. The Morgan fingerprint density at radius 2 is 0.897 bits per heavy atom. The van der Waals surface area contributed by atoms with Gasteiger partial charge in [-0.3, -0.25) is 0 Å². The van der Waals surface area contributed by atoms with Crippen LogP contribution in [-0.4, -0.2) is 20.4 Å². The van der Waals surface area contributed by atoms with E-state index in [-0.39, 0.29) is 0 Å². The first kappa shape index (κ1) is 17.5. The van der Waals surface area contributed by atoms with Crippen molar-refractivity contribution in [1.29, 1.82) is 0 Å². The third-order valence-corrected chi connectivity index (χ3v) is 9.71. The molecule has 1 heteroatoms. The van der Waals surface area contributed by atoms with Crippen LogP contribution >= 0.6 is 0 Å². The predicted molar refractivity (Wildman–Crippen MR) is 123 cm³/mol. The minimum atomic E-state index is -0.513. The molecule has 0 heterocycles. The van der Waals surface area contributed by atoms with Crippen LogP contribution in [0.4, 0.5) is 0 Å². The van der Waals surface area contributed by atoms with E-state index in [4.69, 9.17) is 0 Å². The van der Waals surface area contributed by atoms with E-state index >= 15 is 0 Å². The van der Waals surface area contributed by atoms with Crippen molar-refractivity contribution >= 4 is 20.4 Å². The summed E-state index contributed by atoms with van der Waals surface area (Å²) in [5.41, 5.74) is 15.1. The molecule has 136 valence electrons. The molecule has 2 atom stereocenters. The summed E-state index contributed by atoms with van der Waals surface area (Å²) in [6.45, 7) is 4.60. The summed E-state index contributed by atoms with van der Waals surface area (Å²) in [5, 5.41) is 0. The zero-order chi connectivity index (χ0) is 19.5. The molecule has 0 amide bonds. The molecule has 2 unspecified atom stereocenters. The fourth-order valence-electron chi connectivity index (χ4n) is 5.88. The summed E-state index contributed by atoms with van der Waals surface area (Å²) in [6, 6.07) is 31.9. The van der Waals surface area contributed by atoms with Gasteiger partial charge in [0.15, 0.2) is 0 Å². The number of rotatable bonds is 2. The van der Waals surface area contributed by atoms with E-state index in [1.807, 2.05) is 0 Å². The predicted octanol–water partition coefficient (Wildman–Crippen LogP) is 6.85. The first-order valence-corrected chi connectivity index (χ1v) is 12.2. The maximum absolute atomic E-state index is 2.38. The zero-order valence-corrected chi connectivity index (χ0v) is 18.4. The molecule has 29 heavy (non-hydrogen) atoms. The monoisotopic (exact) mass is 382 g/mol. The second-order valence-electron chi connectivity index (χ2n) is 8.59. The van der Waals surface area contributed by atoms with E-state index in [9.17, 15) is 0 Å². The topological polar surface area (TPSA) is 0 Å². The standard InChI is InChI=1S/2C14H11.Mg/c2*1-10-5-4-8-13-12-7-3-2-6-11(12)9-14(10)13;/h2*2-9H,1H3;. The Bertz CT molecular complexity index is 1170. The van der Waals surface area contributed by atoms with Gasteiger partial charge in [-0.1, -0.05) is 115 Å². The molecular formula is C28H22Mg. The molecule has 2 aliphatic carbocycles. The highest BCUT2D eigenvalue weighted by molar-refractivity contribution is 6.44. The number of benzene rings is 4. The average molecular weight is 383 g/mol. The fraction of sp³-hybridized carbons (Fsp3) is 0.143. The normalized spacial score (nSPS) is 17.9. The van der Waals surface area contributed by atoms with Crippen LogP contribution < -0.4 is 0 Å². The zero-order valence-electron chi connectivity index (χ0n) is 16.9. The minimum absolute atomic E-state index is 0.513. The van der Waals surface area contributed by atoms with Crippen LogP contribution in [-0.2, 0) is 0 Å². The van der Waals surface area contributed by atoms with Gasteiger partial charge in [0.2, 0.25) is 0 Å². The highest BCUT2D eigenvalue weighted by atomic mass is 24.5. The van der Waals surface area contributed by atoms with Crippen molar-refractivity contribution in [2.24, 2.45) is 0 Å². The van der Waals surface area contributed by atoms with Gasteiger partial charge in [-0.15, -0.1) is 0 Å². The van der Waals surface area contributed by atoms with Gasteiger partial charge in [0.25, 0.3) is 0 Å². The Hall–Kier alpha value is -2.35. The highest BCUT2D eigenvalue weighted by Crippen LogP contribution is 2.51. The molecule has 4 aromatic rings. The van der Waals surface area contributed by atoms with Gasteiger partial charge in [-0.2, -0.15) is 0 Å². The van der Waals surface area contributed by atoms with Gasteiger partial charge in [0.05, 0.1) is 0 Å².